The van der Waals surface area contributed by atoms with Crippen molar-refractivity contribution in [2.45, 2.75) is 31.4 Å². The lowest BCUT2D eigenvalue weighted by molar-refractivity contribution is 0.100. The van der Waals surface area contributed by atoms with E-state index in [0.717, 1.165) is 12.8 Å². The molecule has 1 rings (SSSR count). The summed E-state index contributed by atoms with van der Waals surface area (Å²) in [4.78, 5) is 2.11. The van der Waals surface area contributed by atoms with Crippen LogP contribution in [0.4, 0.5) is 0 Å². The van der Waals surface area contributed by atoms with Gasteiger partial charge in [-0.1, -0.05) is 0 Å². The summed E-state index contributed by atoms with van der Waals surface area (Å²) < 4.78 is 0. The molecular weight excluding hydrogens is 150 g/mol. The van der Waals surface area contributed by atoms with Crippen LogP contribution in [-0.2, 0) is 0 Å². The standard InChI is InChI=1S/C7H15NO.ClH/c1-8(2)6-4-3-5-7(6)9;/h6-7,9H,3-5H2,1-2H3;1H/t6-,7-;/m0./s1. The number of nitrogens with zero attached hydrogens (tertiary/aromatic N) is 1. The smallest absolute Gasteiger partial charge is 0.0695 e. The molecule has 1 aliphatic carbocycles. The van der Waals surface area contributed by atoms with Crippen molar-refractivity contribution < 1.29 is 5.11 Å². The van der Waals surface area contributed by atoms with Gasteiger partial charge in [-0.3, -0.25) is 0 Å². The second-order valence-electron chi connectivity index (χ2n) is 3.03. The van der Waals surface area contributed by atoms with Crippen LogP contribution in [0.25, 0.3) is 0 Å². The molecule has 0 unspecified atom stereocenters. The van der Waals surface area contributed by atoms with E-state index in [4.69, 9.17) is 0 Å². The highest BCUT2D eigenvalue weighted by Gasteiger charge is 2.26. The minimum absolute atomic E-state index is 0. The monoisotopic (exact) mass is 165 g/mol. The van der Waals surface area contributed by atoms with Crippen LogP contribution in [0.3, 0.4) is 0 Å². The largest absolute Gasteiger partial charge is 0.391 e. The summed E-state index contributed by atoms with van der Waals surface area (Å²) in [6.45, 7) is 0. The fourth-order valence-corrected chi connectivity index (χ4v) is 1.52. The molecule has 0 aliphatic heterocycles. The van der Waals surface area contributed by atoms with Crippen LogP contribution in [0, 0.1) is 0 Å². The maximum Gasteiger partial charge on any atom is 0.0695 e. The van der Waals surface area contributed by atoms with Crippen molar-refractivity contribution in [1.29, 1.82) is 0 Å². The molecule has 0 bridgehead atoms. The molecule has 0 amide bonds. The van der Waals surface area contributed by atoms with Gasteiger partial charge in [0, 0.05) is 6.04 Å². The van der Waals surface area contributed by atoms with Crippen molar-refractivity contribution in [3.8, 4) is 0 Å². The van der Waals surface area contributed by atoms with E-state index in [1.807, 2.05) is 14.1 Å². The highest BCUT2D eigenvalue weighted by atomic mass is 35.5. The van der Waals surface area contributed by atoms with Gasteiger partial charge in [0.1, 0.15) is 0 Å². The van der Waals surface area contributed by atoms with Crippen molar-refractivity contribution in [2.75, 3.05) is 14.1 Å². The highest BCUT2D eigenvalue weighted by Crippen LogP contribution is 2.21. The van der Waals surface area contributed by atoms with Crippen LogP contribution in [0.5, 0.6) is 0 Å². The van der Waals surface area contributed by atoms with Gasteiger partial charge in [0.15, 0.2) is 0 Å². The van der Waals surface area contributed by atoms with Crippen LogP contribution >= 0.6 is 12.4 Å². The highest BCUT2D eigenvalue weighted by molar-refractivity contribution is 5.85. The molecule has 0 aromatic carbocycles. The number of aliphatic hydroxyl groups excluding tert-OH is 1. The number of rotatable bonds is 1. The molecular formula is C7H16ClNO. The van der Waals surface area contributed by atoms with Crippen LogP contribution < -0.4 is 0 Å². The van der Waals surface area contributed by atoms with Crippen molar-refractivity contribution in [3.05, 3.63) is 0 Å². The molecule has 0 aromatic heterocycles. The van der Waals surface area contributed by atoms with Gasteiger partial charge >= 0.3 is 0 Å². The molecule has 1 fully saturated rings. The molecule has 10 heavy (non-hydrogen) atoms. The molecule has 0 saturated heterocycles. The Morgan fingerprint density at radius 3 is 2.10 bits per heavy atom. The predicted octanol–water partition coefficient (Wildman–Crippen LogP) is 0.883. The van der Waals surface area contributed by atoms with E-state index in [2.05, 4.69) is 4.90 Å². The van der Waals surface area contributed by atoms with Gasteiger partial charge in [-0.15, -0.1) is 12.4 Å². The quantitative estimate of drug-likeness (QED) is 0.624. The summed E-state index contributed by atoms with van der Waals surface area (Å²) in [5.41, 5.74) is 0. The lowest BCUT2D eigenvalue weighted by Gasteiger charge is -2.21. The van der Waals surface area contributed by atoms with E-state index in [-0.39, 0.29) is 18.5 Å². The van der Waals surface area contributed by atoms with Gasteiger partial charge in [0.25, 0.3) is 0 Å². The molecule has 0 radical (unpaired) electrons. The average molecular weight is 166 g/mol. The Morgan fingerprint density at radius 2 is 1.90 bits per heavy atom. The number of likely N-dealkylation sites (N-methyl/N-ethyl adjacent to an activating group) is 1. The van der Waals surface area contributed by atoms with Crippen LogP contribution in [-0.4, -0.2) is 36.2 Å². The van der Waals surface area contributed by atoms with Crippen molar-refractivity contribution >= 4 is 12.4 Å². The second kappa shape index (κ2) is 4.16. The van der Waals surface area contributed by atoms with Gasteiger partial charge < -0.3 is 10.0 Å². The minimum atomic E-state index is -0.0694. The van der Waals surface area contributed by atoms with E-state index >= 15 is 0 Å². The SMILES string of the molecule is CN(C)[C@H]1CCC[C@@H]1O.Cl. The van der Waals surface area contributed by atoms with Crippen LogP contribution in [0.1, 0.15) is 19.3 Å². The summed E-state index contributed by atoms with van der Waals surface area (Å²) in [7, 11) is 4.05. The Kier molecular flexibility index (Phi) is 4.25. The average Bonchev–Trinajstić information content (AvgIpc) is 2.13. The van der Waals surface area contributed by atoms with Gasteiger partial charge in [-0.2, -0.15) is 0 Å². The van der Waals surface area contributed by atoms with E-state index < -0.39 is 0 Å². The molecule has 0 heterocycles. The summed E-state index contributed by atoms with van der Waals surface area (Å²) in [5.74, 6) is 0. The first-order chi connectivity index (χ1) is 4.22. The first kappa shape index (κ1) is 10.2. The molecule has 1 saturated carbocycles. The number of aliphatic hydroxyl groups is 1. The van der Waals surface area contributed by atoms with Gasteiger partial charge in [0.2, 0.25) is 0 Å². The zero-order valence-electron chi connectivity index (χ0n) is 6.58. The Hall–Kier alpha value is 0.210. The summed E-state index contributed by atoms with van der Waals surface area (Å²) >= 11 is 0. The lowest BCUT2D eigenvalue weighted by Crippen LogP contribution is -2.34. The van der Waals surface area contributed by atoms with Crippen LogP contribution in [0.15, 0.2) is 0 Å². The molecule has 62 valence electrons. The number of hydrogen-bond donors (Lipinski definition) is 1. The van der Waals surface area contributed by atoms with Crippen LogP contribution in [0.2, 0.25) is 0 Å². The summed E-state index contributed by atoms with van der Waals surface area (Å²) in [5, 5.41) is 9.32. The van der Waals surface area contributed by atoms with E-state index in [1.54, 1.807) is 0 Å². The fraction of sp³-hybridized carbons (Fsp3) is 1.00. The van der Waals surface area contributed by atoms with Gasteiger partial charge in [-0.25, -0.2) is 0 Å². The zero-order valence-corrected chi connectivity index (χ0v) is 7.40. The third-order valence-corrected chi connectivity index (χ3v) is 2.11. The number of hydrogen-bond acceptors (Lipinski definition) is 2. The minimum Gasteiger partial charge on any atom is -0.391 e. The van der Waals surface area contributed by atoms with E-state index in [9.17, 15) is 5.11 Å². The molecule has 1 aliphatic rings. The molecule has 0 aromatic rings. The van der Waals surface area contributed by atoms with Crippen molar-refractivity contribution in [3.63, 3.8) is 0 Å². The Morgan fingerprint density at radius 1 is 1.30 bits per heavy atom. The second-order valence-corrected chi connectivity index (χ2v) is 3.03. The molecule has 2 atom stereocenters. The third kappa shape index (κ3) is 2.11. The maximum atomic E-state index is 9.32. The molecule has 3 heteroatoms. The third-order valence-electron chi connectivity index (χ3n) is 2.11. The Bertz CT molecular complexity index is 97.6. The Labute approximate surface area is 68.6 Å². The van der Waals surface area contributed by atoms with Gasteiger partial charge in [-0.05, 0) is 33.4 Å². The first-order valence-electron chi connectivity index (χ1n) is 3.56. The predicted molar refractivity (Wildman–Crippen MR) is 44.6 cm³/mol. The Balaban J connectivity index is 0.000000810. The topological polar surface area (TPSA) is 23.5 Å². The van der Waals surface area contributed by atoms with Gasteiger partial charge in [0.05, 0.1) is 6.10 Å². The van der Waals surface area contributed by atoms with Crippen molar-refractivity contribution in [2.24, 2.45) is 0 Å². The summed E-state index contributed by atoms with van der Waals surface area (Å²) in [6.07, 6.45) is 3.26. The lowest BCUT2D eigenvalue weighted by atomic mass is 10.2. The van der Waals surface area contributed by atoms with Crippen molar-refractivity contribution in [1.82, 2.24) is 4.90 Å². The normalized spacial score (nSPS) is 32.4. The molecule has 1 N–H and O–H groups in total. The van der Waals surface area contributed by atoms with E-state index in [1.165, 1.54) is 6.42 Å². The van der Waals surface area contributed by atoms with E-state index in [0.29, 0.717) is 6.04 Å². The molecule has 0 spiro atoms. The first-order valence-corrected chi connectivity index (χ1v) is 3.56. The number of halogens is 1. The maximum absolute atomic E-state index is 9.32. The fourth-order valence-electron chi connectivity index (χ4n) is 1.52. The molecule has 2 nitrogen and oxygen atoms in total. The summed E-state index contributed by atoms with van der Waals surface area (Å²) in [6, 6.07) is 0.421. The zero-order chi connectivity index (χ0) is 6.85.